The van der Waals surface area contributed by atoms with Crippen molar-refractivity contribution in [3.8, 4) is 6.07 Å². The fourth-order valence-electron chi connectivity index (χ4n) is 3.43. The van der Waals surface area contributed by atoms with Crippen LogP contribution in [0.15, 0.2) is 35.2 Å². The third kappa shape index (κ3) is 5.72. The summed E-state index contributed by atoms with van der Waals surface area (Å²) in [7, 11) is 0. The molecule has 0 aliphatic carbocycles. The van der Waals surface area contributed by atoms with Crippen molar-refractivity contribution in [3.63, 3.8) is 0 Å². The van der Waals surface area contributed by atoms with Crippen LogP contribution in [0, 0.1) is 11.3 Å². The Morgan fingerprint density at radius 3 is 2.53 bits per heavy atom. The van der Waals surface area contributed by atoms with Gasteiger partial charge in [-0.15, -0.1) is 11.8 Å². The van der Waals surface area contributed by atoms with Crippen LogP contribution in [0.2, 0.25) is 0 Å². The Kier molecular flexibility index (Phi) is 7.88. The highest BCUT2D eigenvalue weighted by molar-refractivity contribution is 7.98. The Balaban J connectivity index is 1.78. The number of aromatic nitrogens is 1. The van der Waals surface area contributed by atoms with E-state index in [1.54, 1.807) is 17.8 Å². The summed E-state index contributed by atoms with van der Waals surface area (Å²) >= 11 is 1.54. The minimum Gasteiger partial charge on any atom is -0.462 e. The molecule has 0 spiro atoms. The van der Waals surface area contributed by atoms with Gasteiger partial charge in [-0.25, -0.2) is 14.6 Å². The predicted molar refractivity (Wildman–Crippen MR) is 121 cm³/mol. The third-order valence-corrected chi connectivity index (χ3v) is 5.80. The Morgan fingerprint density at radius 2 is 1.94 bits per heavy atom. The van der Waals surface area contributed by atoms with Crippen molar-refractivity contribution < 1.29 is 27.5 Å². The third-order valence-electron chi connectivity index (χ3n) is 5.07. The molecule has 0 radical (unpaired) electrons. The standard InChI is InChI=1S/C22H22F3N5O3S/c1-3-33-20(31)17-11-14(13-26)19(28-18(17)22(23,24)25)29-7-9-30(10-8-29)21(32)27-15-5-4-6-16(12-15)34-2/h4-6,11-12H,3,7-10H2,1-2H3,(H,27,32). The smallest absolute Gasteiger partial charge is 0.434 e. The van der Waals surface area contributed by atoms with Crippen molar-refractivity contribution in [3.05, 3.63) is 47.2 Å². The zero-order valence-corrected chi connectivity index (χ0v) is 19.3. The average Bonchev–Trinajstić information content (AvgIpc) is 2.83. The number of alkyl halides is 3. The van der Waals surface area contributed by atoms with Crippen molar-refractivity contribution >= 4 is 35.3 Å². The highest BCUT2D eigenvalue weighted by Crippen LogP contribution is 2.34. The van der Waals surface area contributed by atoms with Crippen LogP contribution in [0.5, 0.6) is 0 Å². The molecule has 1 N–H and O–H groups in total. The van der Waals surface area contributed by atoms with Crippen molar-refractivity contribution in [1.82, 2.24) is 9.88 Å². The number of thioether (sulfide) groups is 1. The normalized spacial score (nSPS) is 13.9. The molecule has 2 aromatic rings. The molecule has 1 aliphatic rings. The van der Waals surface area contributed by atoms with E-state index in [9.17, 15) is 28.0 Å². The van der Waals surface area contributed by atoms with Gasteiger partial charge in [-0.3, -0.25) is 0 Å². The molecule has 180 valence electrons. The van der Waals surface area contributed by atoms with Crippen molar-refractivity contribution in [2.24, 2.45) is 0 Å². The zero-order chi connectivity index (χ0) is 24.9. The molecule has 0 atom stereocenters. The summed E-state index contributed by atoms with van der Waals surface area (Å²) in [5.74, 6) is -1.38. The molecule has 0 unspecified atom stereocenters. The number of carbonyl (C=O) groups excluding carboxylic acids is 2. The molecular formula is C22H22F3N5O3S. The number of amides is 2. The predicted octanol–water partition coefficient (Wildman–Crippen LogP) is 4.22. The van der Waals surface area contributed by atoms with Crippen molar-refractivity contribution in [2.45, 2.75) is 18.0 Å². The number of hydrogen-bond acceptors (Lipinski definition) is 7. The van der Waals surface area contributed by atoms with E-state index in [0.29, 0.717) is 5.69 Å². The highest BCUT2D eigenvalue weighted by Gasteiger charge is 2.39. The van der Waals surface area contributed by atoms with Crippen molar-refractivity contribution in [1.29, 1.82) is 5.26 Å². The van der Waals surface area contributed by atoms with E-state index in [4.69, 9.17) is 4.74 Å². The second-order valence-corrected chi connectivity index (χ2v) is 8.10. The number of esters is 1. The second kappa shape index (κ2) is 10.6. The number of anilines is 2. The quantitative estimate of drug-likeness (QED) is 0.492. The monoisotopic (exact) mass is 493 g/mol. The number of urea groups is 1. The molecule has 8 nitrogen and oxygen atoms in total. The fraction of sp³-hybridized carbons (Fsp3) is 0.364. The molecule has 0 bridgehead atoms. The maximum absolute atomic E-state index is 13.6. The van der Waals surface area contributed by atoms with E-state index in [1.165, 1.54) is 16.7 Å². The molecule has 1 aromatic heterocycles. The molecule has 2 amide bonds. The zero-order valence-electron chi connectivity index (χ0n) is 18.5. The van der Waals surface area contributed by atoms with Gasteiger partial charge in [0.25, 0.3) is 0 Å². The number of halogens is 3. The molecule has 1 fully saturated rings. The molecule has 1 saturated heterocycles. The van der Waals surface area contributed by atoms with Crippen LogP contribution >= 0.6 is 11.8 Å². The first kappa shape index (κ1) is 25.2. The summed E-state index contributed by atoms with van der Waals surface area (Å²) in [4.78, 5) is 32.3. The maximum Gasteiger partial charge on any atom is 0.434 e. The number of nitrogens with zero attached hydrogens (tertiary/aromatic N) is 4. The second-order valence-electron chi connectivity index (χ2n) is 7.22. The van der Waals surface area contributed by atoms with E-state index < -0.39 is 23.4 Å². The van der Waals surface area contributed by atoms with Gasteiger partial charge in [-0.05, 0) is 37.4 Å². The van der Waals surface area contributed by atoms with Crippen LogP contribution in [0.3, 0.4) is 0 Å². The number of ether oxygens (including phenoxy) is 1. The summed E-state index contributed by atoms with van der Waals surface area (Å²) in [5.41, 5.74) is -1.76. The van der Waals surface area contributed by atoms with Crippen LogP contribution < -0.4 is 10.2 Å². The van der Waals surface area contributed by atoms with Gasteiger partial charge in [0.2, 0.25) is 0 Å². The van der Waals surface area contributed by atoms with E-state index in [1.807, 2.05) is 30.5 Å². The number of benzene rings is 1. The first-order chi connectivity index (χ1) is 16.2. The van der Waals surface area contributed by atoms with E-state index in [-0.39, 0.29) is 50.2 Å². The Labute approximate surface area is 198 Å². The first-order valence-corrected chi connectivity index (χ1v) is 11.5. The van der Waals surface area contributed by atoms with Gasteiger partial charge >= 0.3 is 18.2 Å². The summed E-state index contributed by atoms with van der Waals surface area (Å²) in [5, 5.41) is 12.3. The minimum absolute atomic E-state index is 0.120. The molecule has 1 aliphatic heterocycles. The maximum atomic E-state index is 13.6. The van der Waals surface area contributed by atoms with Crippen LogP contribution in [-0.2, 0) is 10.9 Å². The van der Waals surface area contributed by atoms with E-state index >= 15 is 0 Å². The largest absolute Gasteiger partial charge is 0.462 e. The Bertz CT molecular complexity index is 1110. The van der Waals surface area contributed by atoms with Gasteiger partial charge < -0.3 is 19.9 Å². The Morgan fingerprint density at radius 1 is 1.24 bits per heavy atom. The number of hydrogen-bond donors (Lipinski definition) is 1. The van der Waals surface area contributed by atoms with Gasteiger partial charge in [0.1, 0.15) is 11.9 Å². The average molecular weight is 494 g/mol. The number of nitriles is 1. The molecular weight excluding hydrogens is 471 g/mol. The number of pyridine rings is 1. The summed E-state index contributed by atoms with van der Waals surface area (Å²) in [6.45, 7) is 2.09. The van der Waals surface area contributed by atoms with Gasteiger partial charge in [-0.1, -0.05) is 6.07 Å². The van der Waals surface area contributed by atoms with Crippen LogP contribution in [0.4, 0.5) is 29.5 Å². The van der Waals surface area contributed by atoms with Gasteiger partial charge in [0.05, 0.1) is 17.7 Å². The lowest BCUT2D eigenvalue weighted by Crippen LogP contribution is -2.50. The van der Waals surface area contributed by atoms with Gasteiger partial charge in [0.15, 0.2) is 5.69 Å². The molecule has 0 saturated carbocycles. The van der Waals surface area contributed by atoms with Crippen LogP contribution in [-0.4, -0.2) is 60.9 Å². The number of carbonyl (C=O) groups is 2. The molecule has 3 rings (SSSR count). The van der Waals surface area contributed by atoms with E-state index in [2.05, 4.69) is 10.3 Å². The SMILES string of the molecule is CCOC(=O)c1cc(C#N)c(N2CCN(C(=O)Nc3cccc(SC)c3)CC2)nc1C(F)(F)F. The summed E-state index contributed by atoms with van der Waals surface area (Å²) in [6, 6.07) is 9.69. The fourth-order valence-corrected chi connectivity index (χ4v) is 3.89. The van der Waals surface area contributed by atoms with Crippen LogP contribution in [0.25, 0.3) is 0 Å². The lowest BCUT2D eigenvalue weighted by Gasteiger charge is -2.36. The minimum atomic E-state index is -4.92. The molecule has 2 heterocycles. The van der Waals surface area contributed by atoms with Gasteiger partial charge in [-0.2, -0.15) is 18.4 Å². The van der Waals surface area contributed by atoms with Crippen molar-refractivity contribution in [2.75, 3.05) is 49.3 Å². The highest BCUT2D eigenvalue weighted by atomic mass is 32.2. The summed E-state index contributed by atoms with van der Waals surface area (Å²) in [6.07, 6.45) is -3.00. The van der Waals surface area contributed by atoms with Crippen LogP contribution in [0.1, 0.15) is 28.5 Å². The van der Waals surface area contributed by atoms with E-state index in [0.717, 1.165) is 11.0 Å². The topological polar surface area (TPSA) is 98.6 Å². The number of rotatable bonds is 5. The lowest BCUT2D eigenvalue weighted by molar-refractivity contribution is -0.141. The number of piperazine rings is 1. The summed E-state index contributed by atoms with van der Waals surface area (Å²) < 4.78 is 45.6. The first-order valence-electron chi connectivity index (χ1n) is 10.3. The van der Waals surface area contributed by atoms with Gasteiger partial charge in [0, 0.05) is 36.8 Å². The Hall–Kier alpha value is -3.46. The molecule has 1 aromatic carbocycles. The lowest BCUT2D eigenvalue weighted by atomic mass is 10.1. The number of nitrogens with one attached hydrogen (secondary N) is 1. The molecule has 34 heavy (non-hydrogen) atoms. The molecule has 12 heteroatoms.